The molecule has 1 heterocycles. The first kappa shape index (κ1) is 20.7. The summed E-state index contributed by atoms with van der Waals surface area (Å²) in [5.41, 5.74) is 1.37. The number of carbonyl (C=O) groups excluding carboxylic acids is 1. The van der Waals surface area contributed by atoms with E-state index in [1.54, 1.807) is 23.6 Å². The molecule has 1 aromatic heterocycles. The normalized spacial score (nSPS) is 10.6. The van der Waals surface area contributed by atoms with Crippen LogP contribution in [0.15, 0.2) is 41.8 Å². The number of benzene rings is 2. The smallest absolute Gasteiger partial charge is 0.270 e. The number of nitrogens with zero attached hydrogens (tertiary/aromatic N) is 1. The van der Waals surface area contributed by atoms with Gasteiger partial charge in [-0.2, -0.15) is 0 Å². The Morgan fingerprint density at radius 1 is 1.17 bits per heavy atom. The zero-order chi connectivity index (χ0) is 20.8. The summed E-state index contributed by atoms with van der Waals surface area (Å²) in [7, 11) is 1.50. The number of hydrogen-bond donors (Lipinski definition) is 1. The summed E-state index contributed by atoms with van der Waals surface area (Å²) in [5, 5.41) is 5.16. The third-order valence-corrected chi connectivity index (χ3v) is 4.97. The van der Waals surface area contributed by atoms with Crippen LogP contribution in [0.5, 0.6) is 11.5 Å². The summed E-state index contributed by atoms with van der Waals surface area (Å²) in [4.78, 5) is 16.4. The van der Waals surface area contributed by atoms with E-state index >= 15 is 0 Å². The first-order valence-corrected chi connectivity index (χ1v) is 9.88. The zero-order valence-electron chi connectivity index (χ0n) is 16.0. The minimum Gasteiger partial charge on any atom is -0.493 e. The third kappa shape index (κ3) is 5.08. The molecule has 3 rings (SSSR count). The molecule has 5 nitrogen and oxygen atoms in total. The Morgan fingerprint density at radius 3 is 2.72 bits per heavy atom. The Kier molecular flexibility index (Phi) is 6.77. The second kappa shape index (κ2) is 9.47. The van der Waals surface area contributed by atoms with Crippen molar-refractivity contribution < 1.29 is 23.0 Å². The maximum absolute atomic E-state index is 13.8. The van der Waals surface area contributed by atoms with Gasteiger partial charge in [0.05, 0.1) is 7.11 Å². The second-order valence-corrected chi connectivity index (χ2v) is 7.04. The number of amides is 1. The van der Waals surface area contributed by atoms with Crippen LogP contribution in [0, 0.1) is 11.6 Å². The molecule has 0 bridgehead atoms. The molecule has 0 aliphatic carbocycles. The lowest BCUT2D eigenvalue weighted by atomic mass is 10.2. The molecule has 0 aliphatic rings. The molecule has 8 heteroatoms. The van der Waals surface area contributed by atoms with Gasteiger partial charge in [-0.15, -0.1) is 11.3 Å². The Bertz CT molecular complexity index is 1010. The predicted molar refractivity (Wildman–Crippen MR) is 107 cm³/mol. The fraction of sp³-hybridized carbons (Fsp3) is 0.238. The number of hydrogen-bond acceptors (Lipinski definition) is 5. The molecule has 0 saturated carbocycles. The maximum atomic E-state index is 13.8. The van der Waals surface area contributed by atoms with Gasteiger partial charge in [-0.05, 0) is 36.8 Å². The molecule has 1 N–H and O–H groups in total. The average molecular weight is 418 g/mol. The van der Waals surface area contributed by atoms with Crippen molar-refractivity contribution in [3.63, 3.8) is 0 Å². The number of halogens is 2. The largest absolute Gasteiger partial charge is 0.493 e. The highest BCUT2D eigenvalue weighted by atomic mass is 32.1. The topological polar surface area (TPSA) is 60.5 Å². The monoisotopic (exact) mass is 418 g/mol. The lowest BCUT2D eigenvalue weighted by Gasteiger charge is -2.12. The van der Waals surface area contributed by atoms with Crippen molar-refractivity contribution in [3.8, 4) is 22.1 Å². The summed E-state index contributed by atoms with van der Waals surface area (Å²) >= 11 is 1.35. The average Bonchev–Trinajstić information content (AvgIpc) is 3.21. The molecule has 2 aromatic carbocycles. The molecule has 152 valence electrons. The van der Waals surface area contributed by atoms with Gasteiger partial charge in [0.1, 0.15) is 28.9 Å². The van der Waals surface area contributed by atoms with Crippen LogP contribution in [0.25, 0.3) is 10.6 Å². The van der Waals surface area contributed by atoms with Gasteiger partial charge in [0, 0.05) is 29.1 Å². The Hall–Kier alpha value is -3.00. The summed E-state index contributed by atoms with van der Waals surface area (Å²) in [5.74, 6) is -0.658. The van der Waals surface area contributed by atoms with Crippen LogP contribution >= 0.6 is 11.3 Å². The van der Waals surface area contributed by atoms with E-state index in [-0.39, 0.29) is 18.1 Å². The van der Waals surface area contributed by atoms with Gasteiger partial charge < -0.3 is 14.8 Å². The minimum absolute atomic E-state index is 0.0686. The van der Waals surface area contributed by atoms with Crippen molar-refractivity contribution in [2.75, 3.05) is 13.7 Å². The van der Waals surface area contributed by atoms with Gasteiger partial charge in [-0.1, -0.05) is 6.92 Å². The van der Waals surface area contributed by atoms with Crippen LogP contribution in [-0.2, 0) is 6.61 Å². The van der Waals surface area contributed by atoms with Crippen molar-refractivity contribution >= 4 is 17.2 Å². The Labute approximate surface area is 171 Å². The number of aromatic nitrogens is 1. The van der Waals surface area contributed by atoms with E-state index in [0.29, 0.717) is 28.7 Å². The van der Waals surface area contributed by atoms with Crippen molar-refractivity contribution in [1.82, 2.24) is 10.3 Å². The first-order chi connectivity index (χ1) is 14.0. The number of ether oxygens (including phenoxy) is 2. The molecular formula is C21H20F2N2O3S. The van der Waals surface area contributed by atoms with E-state index in [9.17, 15) is 13.6 Å². The van der Waals surface area contributed by atoms with E-state index < -0.39 is 11.6 Å². The molecule has 3 aromatic rings. The molecule has 29 heavy (non-hydrogen) atoms. The van der Waals surface area contributed by atoms with Crippen LogP contribution in [0.3, 0.4) is 0 Å². The van der Waals surface area contributed by atoms with Gasteiger partial charge in [-0.25, -0.2) is 13.8 Å². The van der Waals surface area contributed by atoms with E-state index in [2.05, 4.69) is 10.3 Å². The van der Waals surface area contributed by atoms with Gasteiger partial charge in [0.15, 0.2) is 11.5 Å². The van der Waals surface area contributed by atoms with Crippen LogP contribution in [0.1, 0.15) is 29.4 Å². The highest BCUT2D eigenvalue weighted by Gasteiger charge is 2.14. The summed E-state index contributed by atoms with van der Waals surface area (Å²) in [6.45, 7) is 2.51. The van der Waals surface area contributed by atoms with E-state index in [1.807, 2.05) is 6.92 Å². The van der Waals surface area contributed by atoms with Crippen molar-refractivity contribution in [1.29, 1.82) is 0 Å². The predicted octanol–water partition coefficient (Wildman–Crippen LogP) is 4.82. The standard InChI is InChI=1S/C21H20F2N2O3S/c1-3-8-24-20(26)17-12-29-21(25-17)13-5-7-18(19(9-13)27-2)28-11-14-4-6-15(22)10-16(14)23/h4-7,9-10,12H,3,8,11H2,1-2H3,(H,24,26). The summed E-state index contributed by atoms with van der Waals surface area (Å²) < 4.78 is 37.8. The third-order valence-electron chi connectivity index (χ3n) is 4.08. The summed E-state index contributed by atoms with van der Waals surface area (Å²) in [6.07, 6.45) is 0.850. The highest BCUT2D eigenvalue weighted by molar-refractivity contribution is 7.13. The maximum Gasteiger partial charge on any atom is 0.270 e. The molecule has 0 radical (unpaired) electrons. The zero-order valence-corrected chi connectivity index (χ0v) is 16.8. The van der Waals surface area contributed by atoms with Gasteiger partial charge in [0.25, 0.3) is 5.91 Å². The fourth-order valence-corrected chi connectivity index (χ4v) is 3.35. The van der Waals surface area contributed by atoms with E-state index in [4.69, 9.17) is 9.47 Å². The second-order valence-electron chi connectivity index (χ2n) is 6.18. The SMILES string of the molecule is CCCNC(=O)c1csc(-c2ccc(OCc3ccc(F)cc3F)c(OC)c2)n1. The molecule has 0 fully saturated rings. The molecule has 0 aliphatic heterocycles. The molecule has 0 saturated heterocycles. The lowest BCUT2D eigenvalue weighted by molar-refractivity contribution is 0.0949. The lowest BCUT2D eigenvalue weighted by Crippen LogP contribution is -2.24. The van der Waals surface area contributed by atoms with Crippen molar-refractivity contribution in [3.05, 3.63) is 64.7 Å². The summed E-state index contributed by atoms with van der Waals surface area (Å²) in [6, 6.07) is 8.54. The van der Waals surface area contributed by atoms with E-state index in [1.165, 1.54) is 30.6 Å². The number of nitrogens with one attached hydrogen (secondary N) is 1. The molecule has 1 amide bonds. The van der Waals surface area contributed by atoms with E-state index in [0.717, 1.165) is 18.1 Å². The number of carbonyl (C=O) groups is 1. The Morgan fingerprint density at radius 2 is 2.00 bits per heavy atom. The van der Waals surface area contributed by atoms with Crippen LogP contribution in [0.4, 0.5) is 8.78 Å². The Balaban J connectivity index is 1.75. The van der Waals surface area contributed by atoms with Gasteiger partial charge in [0.2, 0.25) is 0 Å². The van der Waals surface area contributed by atoms with Crippen molar-refractivity contribution in [2.24, 2.45) is 0 Å². The van der Waals surface area contributed by atoms with Gasteiger partial charge >= 0.3 is 0 Å². The minimum atomic E-state index is -0.669. The van der Waals surface area contributed by atoms with Gasteiger partial charge in [-0.3, -0.25) is 4.79 Å². The molecule has 0 unspecified atom stereocenters. The molecule has 0 atom stereocenters. The van der Waals surface area contributed by atoms with Crippen molar-refractivity contribution in [2.45, 2.75) is 20.0 Å². The number of thiazole rings is 1. The number of methoxy groups -OCH3 is 1. The van der Waals surface area contributed by atoms with Crippen LogP contribution < -0.4 is 14.8 Å². The first-order valence-electron chi connectivity index (χ1n) is 9.00. The van der Waals surface area contributed by atoms with Crippen LogP contribution in [-0.4, -0.2) is 24.5 Å². The number of rotatable bonds is 8. The molecule has 0 spiro atoms. The fourth-order valence-electron chi connectivity index (χ4n) is 2.55. The quantitative estimate of drug-likeness (QED) is 0.570. The highest BCUT2D eigenvalue weighted by Crippen LogP contribution is 2.34. The van der Waals surface area contributed by atoms with Crippen LogP contribution in [0.2, 0.25) is 0 Å². The molecular weight excluding hydrogens is 398 g/mol.